The first-order valence-electron chi connectivity index (χ1n) is 10.3. The van der Waals surface area contributed by atoms with E-state index in [4.69, 9.17) is 15.3 Å². The molecule has 2 aromatic rings. The van der Waals surface area contributed by atoms with E-state index in [1.165, 1.54) is 33.6 Å². The molecule has 2 rings (SSSR count). The van der Waals surface area contributed by atoms with Gasteiger partial charge in [-0.3, -0.25) is 19.8 Å². The van der Waals surface area contributed by atoms with Crippen molar-refractivity contribution in [3.05, 3.63) is 44.3 Å². The van der Waals surface area contributed by atoms with E-state index in [9.17, 15) is 24.6 Å². The highest BCUT2D eigenvalue weighted by molar-refractivity contribution is 9.10. The van der Waals surface area contributed by atoms with Crippen LogP contribution in [-0.2, 0) is 14.4 Å². The Morgan fingerprint density at radius 1 is 0.865 bits per heavy atom. The number of hydrogen-bond donors (Lipinski definition) is 6. The van der Waals surface area contributed by atoms with Gasteiger partial charge in [0.25, 0.3) is 0 Å². The number of benzene rings is 2. The minimum Gasteiger partial charge on any atom is -0.503 e. The molecule has 2 aromatic carbocycles. The lowest BCUT2D eigenvalue weighted by atomic mass is 10.2. The number of hydrazine groups is 1. The number of phenols is 2. The van der Waals surface area contributed by atoms with Gasteiger partial charge < -0.3 is 19.7 Å². The predicted octanol–water partition coefficient (Wildman–Crippen LogP) is 2.02. The van der Waals surface area contributed by atoms with E-state index >= 15 is 0 Å². The number of ether oxygens (including phenoxy) is 2. The van der Waals surface area contributed by atoms with Crippen molar-refractivity contribution < 1.29 is 34.1 Å². The quantitative estimate of drug-likeness (QED) is 0.103. The second-order valence-corrected chi connectivity index (χ2v) is 8.60. The first kappa shape index (κ1) is 31.3. The van der Waals surface area contributed by atoms with Gasteiger partial charge in [0.05, 0.1) is 35.6 Å². The molecule has 0 aliphatic carbocycles. The Balaban J connectivity index is 0.000000384. The monoisotopic (exact) mass is 644 g/mol. The zero-order chi connectivity index (χ0) is 28.0. The molecule has 7 N–H and O–H groups in total. The van der Waals surface area contributed by atoms with Crippen LogP contribution in [0.3, 0.4) is 0 Å². The molecule has 13 nitrogen and oxygen atoms in total. The molecule has 0 saturated carbocycles. The number of phenolic OH excluding ortho intramolecular Hbond substituents is 2. The summed E-state index contributed by atoms with van der Waals surface area (Å²) in [4.78, 5) is 32.8. The molecule has 0 aliphatic rings. The van der Waals surface area contributed by atoms with Crippen molar-refractivity contribution >= 4 is 62.0 Å². The van der Waals surface area contributed by atoms with Crippen LogP contribution in [-0.4, -0.2) is 54.6 Å². The Hall–Kier alpha value is -3.69. The van der Waals surface area contributed by atoms with E-state index in [0.29, 0.717) is 25.8 Å². The number of methoxy groups -OCH3 is 2. The van der Waals surface area contributed by atoms with Crippen LogP contribution in [0.1, 0.15) is 30.9 Å². The van der Waals surface area contributed by atoms with Gasteiger partial charge in [0.2, 0.25) is 17.7 Å². The number of hydrazone groups is 2. The van der Waals surface area contributed by atoms with E-state index in [-0.39, 0.29) is 36.0 Å². The number of aromatic hydroxyl groups is 2. The van der Waals surface area contributed by atoms with Crippen LogP contribution in [0.5, 0.6) is 23.0 Å². The van der Waals surface area contributed by atoms with Gasteiger partial charge in [-0.2, -0.15) is 10.2 Å². The van der Waals surface area contributed by atoms with Gasteiger partial charge in [-0.15, -0.1) is 0 Å². The largest absolute Gasteiger partial charge is 0.503 e. The molecule has 0 aromatic heterocycles. The summed E-state index contributed by atoms with van der Waals surface area (Å²) >= 11 is 6.35. The number of carbonyl (C=O) groups is 3. The average Bonchev–Trinajstić information content (AvgIpc) is 2.86. The van der Waals surface area contributed by atoms with Gasteiger partial charge in [-0.25, -0.2) is 16.7 Å². The van der Waals surface area contributed by atoms with Crippen LogP contribution in [0.15, 0.2) is 43.4 Å². The molecule has 37 heavy (non-hydrogen) atoms. The first-order chi connectivity index (χ1) is 17.5. The zero-order valence-electron chi connectivity index (χ0n) is 20.0. The summed E-state index contributed by atoms with van der Waals surface area (Å²) in [7, 11) is 2.88. The van der Waals surface area contributed by atoms with Crippen LogP contribution in [0.25, 0.3) is 0 Å². The molecule has 0 fully saturated rings. The summed E-state index contributed by atoms with van der Waals surface area (Å²) in [6.45, 7) is 1.37. The highest BCUT2D eigenvalue weighted by atomic mass is 79.9. The molecule has 0 spiro atoms. The SMILES string of the molecule is COc1cc(/C=N/NC(=O)CCC(=O)NN)cc(Br)c1O.COc1cc(/C=N/NC(C)=O)cc(Br)c1O. The Kier molecular flexibility index (Phi) is 13.7. The Bertz CT molecular complexity index is 1170. The van der Waals surface area contributed by atoms with E-state index in [1.807, 2.05) is 5.43 Å². The molecule has 0 aliphatic heterocycles. The summed E-state index contributed by atoms with van der Waals surface area (Å²) in [5, 5.41) is 26.6. The zero-order valence-corrected chi connectivity index (χ0v) is 23.2. The van der Waals surface area contributed by atoms with Crippen LogP contribution in [0, 0.1) is 0 Å². The maximum atomic E-state index is 11.4. The maximum Gasteiger partial charge on any atom is 0.240 e. The summed E-state index contributed by atoms with van der Waals surface area (Å²) in [6, 6.07) is 6.42. The number of hydrogen-bond acceptors (Lipinski definition) is 10. The molecule has 0 heterocycles. The van der Waals surface area contributed by atoms with Gasteiger partial charge in [-0.05, 0) is 67.3 Å². The fourth-order valence-electron chi connectivity index (χ4n) is 2.38. The van der Waals surface area contributed by atoms with Gasteiger partial charge >= 0.3 is 0 Å². The number of halogens is 2. The number of rotatable bonds is 9. The van der Waals surface area contributed by atoms with Crippen molar-refractivity contribution in [2.24, 2.45) is 16.0 Å². The highest BCUT2D eigenvalue weighted by Gasteiger charge is 2.09. The summed E-state index contributed by atoms with van der Waals surface area (Å²) in [5.41, 5.74) is 7.77. The van der Waals surface area contributed by atoms with E-state index in [1.54, 1.807) is 24.3 Å². The second kappa shape index (κ2) is 16.1. The topological polar surface area (TPSA) is 197 Å². The lowest BCUT2D eigenvalue weighted by Gasteiger charge is -2.06. The Morgan fingerprint density at radius 2 is 1.30 bits per heavy atom. The summed E-state index contributed by atoms with van der Waals surface area (Å²) < 4.78 is 10.9. The molecule has 0 radical (unpaired) electrons. The van der Waals surface area contributed by atoms with Crippen LogP contribution in [0.2, 0.25) is 0 Å². The van der Waals surface area contributed by atoms with Crippen molar-refractivity contribution in [3.8, 4) is 23.0 Å². The van der Waals surface area contributed by atoms with Gasteiger partial charge in [-0.1, -0.05) is 0 Å². The Labute approximate surface area is 229 Å². The molecule has 200 valence electrons. The number of nitrogens with zero attached hydrogens (tertiary/aromatic N) is 2. The number of carbonyl (C=O) groups excluding carboxylic acids is 3. The molecule has 0 bridgehead atoms. The summed E-state index contributed by atoms with van der Waals surface area (Å²) in [5.74, 6) is 4.41. The lowest BCUT2D eigenvalue weighted by Crippen LogP contribution is -2.31. The first-order valence-corrected chi connectivity index (χ1v) is 11.8. The molecule has 15 heteroatoms. The normalized spacial score (nSPS) is 10.4. The fraction of sp³-hybridized carbons (Fsp3) is 0.227. The minimum absolute atomic E-state index is 0.0174. The number of nitrogens with one attached hydrogen (secondary N) is 3. The van der Waals surface area contributed by atoms with Crippen LogP contribution < -0.4 is 31.6 Å². The second-order valence-electron chi connectivity index (χ2n) is 6.89. The van der Waals surface area contributed by atoms with Crippen molar-refractivity contribution in [1.29, 1.82) is 0 Å². The Morgan fingerprint density at radius 3 is 1.70 bits per heavy atom. The third kappa shape index (κ3) is 11.3. The molecule has 0 unspecified atom stereocenters. The van der Waals surface area contributed by atoms with Gasteiger partial charge in [0, 0.05) is 19.8 Å². The minimum atomic E-state index is -0.429. The number of nitrogens with two attached hydrogens (primary N) is 1. The maximum absolute atomic E-state index is 11.4. The van der Waals surface area contributed by atoms with E-state index in [2.05, 4.69) is 52.9 Å². The van der Waals surface area contributed by atoms with E-state index in [0.717, 1.165) is 0 Å². The molecule has 0 saturated heterocycles. The van der Waals surface area contributed by atoms with Crippen molar-refractivity contribution in [2.45, 2.75) is 19.8 Å². The van der Waals surface area contributed by atoms with Crippen molar-refractivity contribution in [3.63, 3.8) is 0 Å². The average molecular weight is 646 g/mol. The van der Waals surface area contributed by atoms with Gasteiger partial charge in [0.15, 0.2) is 23.0 Å². The van der Waals surface area contributed by atoms with Gasteiger partial charge in [0.1, 0.15) is 0 Å². The van der Waals surface area contributed by atoms with Crippen molar-refractivity contribution in [2.75, 3.05) is 14.2 Å². The molecular formula is C22H26Br2N6O7. The third-order valence-electron chi connectivity index (χ3n) is 4.12. The molecule has 3 amide bonds. The lowest BCUT2D eigenvalue weighted by molar-refractivity contribution is -0.126. The van der Waals surface area contributed by atoms with E-state index < -0.39 is 11.8 Å². The molecular weight excluding hydrogens is 620 g/mol. The highest BCUT2D eigenvalue weighted by Crippen LogP contribution is 2.35. The summed E-state index contributed by atoms with van der Waals surface area (Å²) in [6.07, 6.45) is 2.79. The standard InChI is InChI=1S/C12H15BrN4O4.C10H11BrN2O3/c1-21-9-5-7(4-8(13)12(9)20)6-15-17-11(19)3-2-10(18)16-14;1-6(14)13-12-5-7-3-8(11)10(15)9(4-7)16-2/h4-6,20H,2-3,14H2,1H3,(H,16,18)(H,17,19);3-5,15H,1-2H3,(H,13,14)/b15-6+;12-5+. The number of amides is 3. The predicted molar refractivity (Wildman–Crippen MR) is 143 cm³/mol. The van der Waals surface area contributed by atoms with Crippen LogP contribution >= 0.6 is 31.9 Å². The van der Waals surface area contributed by atoms with Crippen molar-refractivity contribution in [1.82, 2.24) is 16.3 Å². The van der Waals surface area contributed by atoms with Crippen LogP contribution in [0.4, 0.5) is 0 Å². The smallest absolute Gasteiger partial charge is 0.240 e. The third-order valence-corrected chi connectivity index (χ3v) is 5.33. The molecule has 0 atom stereocenters. The fourth-order valence-corrected chi connectivity index (χ4v) is 3.30.